The Labute approximate surface area is 160 Å². The Hall–Kier alpha value is -2.82. The van der Waals surface area contributed by atoms with Crippen molar-refractivity contribution in [2.75, 3.05) is 25.0 Å². The van der Waals surface area contributed by atoms with Gasteiger partial charge in [0.1, 0.15) is 0 Å². The largest absolute Gasteiger partial charge is 0.376 e. The molecule has 5 heteroatoms. The molecule has 1 atom stereocenters. The van der Waals surface area contributed by atoms with E-state index < -0.39 is 0 Å². The van der Waals surface area contributed by atoms with Crippen molar-refractivity contribution in [1.29, 1.82) is 0 Å². The van der Waals surface area contributed by atoms with Crippen molar-refractivity contribution < 1.29 is 9.59 Å². The molecule has 2 aromatic carbocycles. The van der Waals surface area contributed by atoms with Crippen LogP contribution in [0.4, 0.5) is 5.69 Å². The third-order valence-corrected chi connectivity index (χ3v) is 4.95. The Morgan fingerprint density at radius 3 is 2.30 bits per heavy atom. The lowest BCUT2D eigenvalue weighted by molar-refractivity contribution is -0.130. The minimum Gasteiger partial charge on any atom is -0.376 e. The molecule has 1 saturated heterocycles. The number of likely N-dealkylation sites (tertiary alicyclic amines) is 1. The van der Waals surface area contributed by atoms with Gasteiger partial charge in [0.05, 0.1) is 12.6 Å². The number of piperidine rings is 1. The van der Waals surface area contributed by atoms with E-state index in [0.717, 1.165) is 37.2 Å². The molecule has 2 N–H and O–H groups in total. The first-order valence-electron chi connectivity index (χ1n) is 9.61. The maximum Gasteiger partial charge on any atom is 0.251 e. The number of benzene rings is 2. The number of anilines is 1. The zero-order valence-corrected chi connectivity index (χ0v) is 15.8. The molecule has 2 amide bonds. The standard InChI is InChI=1S/C22H27N3O2/c1-17(18-8-4-2-5-9-18)24-22(27)19-10-12-20(13-11-19)23-16-21(26)25-14-6-3-7-15-25/h2,4-5,8-13,17,23H,3,6-7,14-16H2,1H3,(H,24,27). The van der Waals surface area contributed by atoms with E-state index in [1.165, 1.54) is 6.42 Å². The molecule has 0 aliphatic carbocycles. The molecule has 142 valence electrons. The SMILES string of the molecule is CC(NC(=O)c1ccc(NCC(=O)N2CCCCC2)cc1)c1ccccc1. The van der Waals surface area contributed by atoms with Crippen LogP contribution in [0, 0.1) is 0 Å². The third kappa shape index (κ3) is 5.33. The van der Waals surface area contributed by atoms with Gasteiger partial charge >= 0.3 is 0 Å². The van der Waals surface area contributed by atoms with Gasteiger partial charge < -0.3 is 15.5 Å². The minimum absolute atomic E-state index is 0.0568. The zero-order chi connectivity index (χ0) is 19.1. The van der Waals surface area contributed by atoms with Crippen LogP contribution in [0.25, 0.3) is 0 Å². The van der Waals surface area contributed by atoms with Gasteiger partial charge in [0.25, 0.3) is 5.91 Å². The van der Waals surface area contributed by atoms with Crippen molar-refractivity contribution in [1.82, 2.24) is 10.2 Å². The van der Waals surface area contributed by atoms with Gasteiger partial charge in [0, 0.05) is 24.3 Å². The number of carbonyl (C=O) groups is 2. The van der Waals surface area contributed by atoms with Crippen molar-refractivity contribution in [3.05, 3.63) is 65.7 Å². The lowest BCUT2D eigenvalue weighted by Crippen LogP contribution is -2.39. The van der Waals surface area contributed by atoms with Crippen LogP contribution in [-0.4, -0.2) is 36.3 Å². The highest BCUT2D eigenvalue weighted by Gasteiger charge is 2.16. The first-order chi connectivity index (χ1) is 13.1. The molecule has 1 aliphatic rings. The highest BCUT2D eigenvalue weighted by atomic mass is 16.2. The van der Waals surface area contributed by atoms with E-state index in [0.29, 0.717) is 5.56 Å². The summed E-state index contributed by atoms with van der Waals surface area (Å²) in [6, 6.07) is 17.1. The molecule has 27 heavy (non-hydrogen) atoms. The summed E-state index contributed by atoms with van der Waals surface area (Å²) in [5, 5.41) is 6.16. The van der Waals surface area contributed by atoms with Gasteiger partial charge in [0.2, 0.25) is 5.91 Å². The van der Waals surface area contributed by atoms with Crippen LogP contribution in [-0.2, 0) is 4.79 Å². The van der Waals surface area contributed by atoms with Gasteiger partial charge in [-0.25, -0.2) is 0 Å². The average Bonchev–Trinajstić information content (AvgIpc) is 2.73. The summed E-state index contributed by atoms with van der Waals surface area (Å²) < 4.78 is 0. The van der Waals surface area contributed by atoms with Crippen LogP contribution in [0.2, 0.25) is 0 Å². The smallest absolute Gasteiger partial charge is 0.251 e. The summed E-state index contributed by atoms with van der Waals surface area (Å²) in [5.41, 5.74) is 2.51. The first kappa shape index (κ1) is 19.0. The lowest BCUT2D eigenvalue weighted by Gasteiger charge is -2.26. The molecule has 0 bridgehead atoms. The number of carbonyl (C=O) groups excluding carboxylic acids is 2. The molecule has 0 saturated carbocycles. The lowest BCUT2D eigenvalue weighted by atomic mass is 10.1. The van der Waals surface area contributed by atoms with Crippen molar-refractivity contribution in [2.24, 2.45) is 0 Å². The number of nitrogens with one attached hydrogen (secondary N) is 2. The zero-order valence-electron chi connectivity index (χ0n) is 15.8. The molecule has 1 fully saturated rings. The summed E-state index contributed by atoms with van der Waals surface area (Å²) >= 11 is 0. The summed E-state index contributed by atoms with van der Waals surface area (Å²) in [5.74, 6) is 0.0236. The van der Waals surface area contributed by atoms with E-state index in [2.05, 4.69) is 10.6 Å². The van der Waals surface area contributed by atoms with Gasteiger partial charge in [-0.2, -0.15) is 0 Å². The van der Waals surface area contributed by atoms with E-state index >= 15 is 0 Å². The Morgan fingerprint density at radius 2 is 1.63 bits per heavy atom. The van der Waals surface area contributed by atoms with Gasteiger partial charge in [-0.05, 0) is 56.0 Å². The summed E-state index contributed by atoms with van der Waals surface area (Å²) in [6.45, 7) is 3.98. The third-order valence-electron chi connectivity index (χ3n) is 4.95. The fourth-order valence-electron chi connectivity index (χ4n) is 3.28. The molecule has 5 nitrogen and oxygen atoms in total. The Bertz CT molecular complexity index is 753. The molecule has 1 aliphatic heterocycles. The second-order valence-corrected chi connectivity index (χ2v) is 6.98. The van der Waals surface area contributed by atoms with Crippen LogP contribution in [0.15, 0.2) is 54.6 Å². The predicted octanol–water partition coefficient (Wildman–Crippen LogP) is 3.60. The van der Waals surface area contributed by atoms with Gasteiger partial charge in [-0.15, -0.1) is 0 Å². The minimum atomic E-state index is -0.109. The molecule has 2 aromatic rings. The summed E-state index contributed by atoms with van der Waals surface area (Å²) in [4.78, 5) is 26.5. The second kappa shape index (κ2) is 9.21. The van der Waals surface area contributed by atoms with Crippen molar-refractivity contribution in [3.63, 3.8) is 0 Å². The summed E-state index contributed by atoms with van der Waals surface area (Å²) in [7, 11) is 0. The maximum absolute atomic E-state index is 12.4. The molecule has 3 rings (SSSR count). The molecule has 1 unspecified atom stereocenters. The number of rotatable bonds is 6. The monoisotopic (exact) mass is 365 g/mol. The average molecular weight is 365 g/mol. The van der Waals surface area contributed by atoms with Crippen LogP contribution >= 0.6 is 0 Å². The van der Waals surface area contributed by atoms with Crippen molar-refractivity contribution in [2.45, 2.75) is 32.2 Å². The Kier molecular flexibility index (Phi) is 6.47. The highest BCUT2D eigenvalue weighted by molar-refractivity contribution is 5.94. The van der Waals surface area contributed by atoms with Gasteiger partial charge in [-0.3, -0.25) is 9.59 Å². The quantitative estimate of drug-likeness (QED) is 0.822. The van der Waals surface area contributed by atoms with E-state index in [9.17, 15) is 9.59 Å². The van der Waals surface area contributed by atoms with Gasteiger partial charge in [0.15, 0.2) is 0 Å². The molecule has 0 spiro atoms. The predicted molar refractivity (Wildman–Crippen MR) is 108 cm³/mol. The van der Waals surface area contributed by atoms with Crippen LogP contribution in [0.5, 0.6) is 0 Å². The van der Waals surface area contributed by atoms with E-state index in [4.69, 9.17) is 0 Å². The number of amides is 2. The van der Waals surface area contributed by atoms with E-state index in [1.807, 2.05) is 54.3 Å². The fourth-order valence-corrected chi connectivity index (χ4v) is 3.28. The number of nitrogens with zero attached hydrogens (tertiary/aromatic N) is 1. The van der Waals surface area contributed by atoms with Crippen molar-refractivity contribution >= 4 is 17.5 Å². The molecule has 1 heterocycles. The van der Waals surface area contributed by atoms with Crippen LogP contribution in [0.3, 0.4) is 0 Å². The van der Waals surface area contributed by atoms with Crippen molar-refractivity contribution in [3.8, 4) is 0 Å². The first-order valence-corrected chi connectivity index (χ1v) is 9.61. The Morgan fingerprint density at radius 1 is 0.963 bits per heavy atom. The maximum atomic E-state index is 12.4. The number of hydrogen-bond acceptors (Lipinski definition) is 3. The van der Waals surface area contributed by atoms with Crippen LogP contribution < -0.4 is 10.6 Å². The van der Waals surface area contributed by atoms with Gasteiger partial charge in [-0.1, -0.05) is 30.3 Å². The van der Waals surface area contributed by atoms with E-state index in [1.54, 1.807) is 12.1 Å². The molecular formula is C22H27N3O2. The van der Waals surface area contributed by atoms with E-state index in [-0.39, 0.29) is 24.4 Å². The topological polar surface area (TPSA) is 61.4 Å². The molecular weight excluding hydrogens is 338 g/mol. The number of hydrogen-bond donors (Lipinski definition) is 2. The molecule has 0 aromatic heterocycles. The fraction of sp³-hybridized carbons (Fsp3) is 0.364. The highest BCUT2D eigenvalue weighted by Crippen LogP contribution is 2.14. The summed E-state index contributed by atoms with van der Waals surface area (Å²) in [6.07, 6.45) is 3.40. The molecule has 0 radical (unpaired) electrons. The Balaban J connectivity index is 1.50. The normalized spacial score (nSPS) is 15.1. The van der Waals surface area contributed by atoms with Crippen LogP contribution in [0.1, 0.15) is 48.1 Å². The second-order valence-electron chi connectivity index (χ2n) is 6.98.